The van der Waals surface area contributed by atoms with E-state index < -0.39 is 6.09 Å². The Labute approximate surface area is 178 Å². The normalized spacial score (nSPS) is 13.5. The van der Waals surface area contributed by atoms with Crippen LogP contribution in [0.5, 0.6) is 0 Å². The number of nitrogens with one attached hydrogen (secondary N) is 1. The second kappa shape index (κ2) is 7.58. The number of nitrogens with zero attached hydrogens (tertiary/aromatic N) is 4. The lowest BCUT2D eigenvalue weighted by atomic mass is 9.92. The fourth-order valence-corrected chi connectivity index (χ4v) is 4.15. The van der Waals surface area contributed by atoms with E-state index in [1.54, 1.807) is 30.6 Å². The van der Waals surface area contributed by atoms with Crippen LogP contribution in [0.25, 0.3) is 33.5 Å². The van der Waals surface area contributed by atoms with Crippen LogP contribution in [0.1, 0.15) is 30.9 Å². The summed E-state index contributed by atoms with van der Waals surface area (Å²) in [5.74, 6) is 0.648. The summed E-state index contributed by atoms with van der Waals surface area (Å²) < 4.78 is 2.27. The zero-order valence-corrected chi connectivity index (χ0v) is 16.6. The molecule has 0 saturated heterocycles. The minimum atomic E-state index is -1.11. The van der Waals surface area contributed by atoms with Gasteiger partial charge in [0, 0.05) is 35.1 Å². The van der Waals surface area contributed by atoms with Gasteiger partial charge in [-0.2, -0.15) is 5.26 Å². The van der Waals surface area contributed by atoms with Gasteiger partial charge in [0.15, 0.2) is 5.82 Å². The van der Waals surface area contributed by atoms with Crippen LogP contribution in [0.4, 0.5) is 10.5 Å². The molecule has 7 nitrogen and oxygen atoms in total. The summed E-state index contributed by atoms with van der Waals surface area (Å²) in [7, 11) is 0. The second-order valence-electron chi connectivity index (χ2n) is 7.60. The van der Waals surface area contributed by atoms with Gasteiger partial charge in [-0.05, 0) is 49.1 Å². The zero-order chi connectivity index (χ0) is 21.4. The number of fused-ring (bicyclic) bond motifs is 1. The predicted octanol–water partition coefficient (Wildman–Crippen LogP) is 5.45. The van der Waals surface area contributed by atoms with E-state index in [1.807, 2.05) is 24.3 Å². The molecule has 5 rings (SSSR count). The first-order valence-corrected chi connectivity index (χ1v) is 10.1. The van der Waals surface area contributed by atoms with Crippen molar-refractivity contribution < 1.29 is 9.90 Å². The van der Waals surface area contributed by atoms with Crippen molar-refractivity contribution in [2.75, 3.05) is 5.32 Å². The van der Waals surface area contributed by atoms with Gasteiger partial charge in [-0.3, -0.25) is 5.32 Å². The maximum atomic E-state index is 10.9. The number of hydrogen-bond acceptors (Lipinski definition) is 4. The molecule has 2 aromatic carbocycles. The molecule has 0 spiro atoms. The number of aromatic nitrogens is 3. The van der Waals surface area contributed by atoms with Crippen LogP contribution < -0.4 is 5.32 Å². The summed E-state index contributed by atoms with van der Waals surface area (Å²) in [6, 6.07) is 17.7. The standard InChI is InChI=1S/C24H19N5O2/c25-14-20-19-10-7-16(23-26-11-2-12-27-23)13-21(19)29(18-3-1-4-18)22(20)15-5-8-17(9-6-15)28-24(30)31/h2,5-13,18,28H,1,3-4H2,(H,30,31). The zero-order valence-electron chi connectivity index (χ0n) is 16.6. The highest BCUT2D eigenvalue weighted by Gasteiger charge is 2.28. The Morgan fingerprint density at radius 2 is 1.81 bits per heavy atom. The molecule has 0 atom stereocenters. The van der Waals surface area contributed by atoms with Crippen LogP contribution in [-0.4, -0.2) is 25.7 Å². The third kappa shape index (κ3) is 3.28. The fraction of sp³-hybridized carbons (Fsp3) is 0.167. The Morgan fingerprint density at radius 1 is 1.10 bits per heavy atom. The summed E-state index contributed by atoms with van der Waals surface area (Å²) in [5, 5.41) is 22.2. The van der Waals surface area contributed by atoms with Crippen molar-refractivity contribution in [2.45, 2.75) is 25.3 Å². The molecule has 152 valence electrons. The van der Waals surface area contributed by atoms with E-state index >= 15 is 0 Å². The molecular weight excluding hydrogens is 390 g/mol. The number of benzene rings is 2. The summed E-state index contributed by atoms with van der Waals surface area (Å²) >= 11 is 0. The highest BCUT2D eigenvalue weighted by molar-refractivity contribution is 5.97. The van der Waals surface area contributed by atoms with E-state index in [0.717, 1.165) is 47.0 Å². The van der Waals surface area contributed by atoms with Crippen LogP contribution in [0.2, 0.25) is 0 Å². The van der Waals surface area contributed by atoms with Crippen LogP contribution in [0, 0.1) is 11.3 Å². The molecule has 0 radical (unpaired) electrons. The van der Waals surface area contributed by atoms with Crippen LogP contribution in [0.15, 0.2) is 60.9 Å². The van der Waals surface area contributed by atoms with E-state index in [2.05, 4.69) is 32.0 Å². The lowest BCUT2D eigenvalue weighted by molar-refractivity contribution is 0.210. The number of amides is 1. The molecule has 4 aromatic rings. The van der Waals surface area contributed by atoms with E-state index in [0.29, 0.717) is 23.1 Å². The van der Waals surface area contributed by atoms with Crippen molar-refractivity contribution >= 4 is 22.7 Å². The molecule has 0 bridgehead atoms. The van der Waals surface area contributed by atoms with Gasteiger partial charge in [0.25, 0.3) is 0 Å². The van der Waals surface area contributed by atoms with E-state index in [4.69, 9.17) is 5.11 Å². The Bertz CT molecular complexity index is 1320. The van der Waals surface area contributed by atoms with Crippen molar-refractivity contribution in [1.82, 2.24) is 14.5 Å². The molecule has 0 aliphatic heterocycles. The highest BCUT2D eigenvalue weighted by atomic mass is 16.4. The first kappa shape index (κ1) is 18.8. The maximum absolute atomic E-state index is 10.9. The molecular formula is C24H19N5O2. The average Bonchev–Trinajstić information content (AvgIpc) is 3.06. The minimum Gasteiger partial charge on any atom is -0.465 e. The Balaban J connectivity index is 1.72. The highest BCUT2D eigenvalue weighted by Crippen LogP contribution is 2.43. The van der Waals surface area contributed by atoms with Gasteiger partial charge in [0.2, 0.25) is 0 Å². The topological polar surface area (TPSA) is 104 Å². The van der Waals surface area contributed by atoms with E-state index in [9.17, 15) is 10.1 Å². The average molecular weight is 409 g/mol. The summed E-state index contributed by atoms with van der Waals surface area (Å²) in [4.78, 5) is 19.6. The molecule has 31 heavy (non-hydrogen) atoms. The number of nitriles is 1. The van der Waals surface area contributed by atoms with Crippen molar-refractivity contribution in [2.24, 2.45) is 0 Å². The molecule has 2 heterocycles. The summed E-state index contributed by atoms with van der Waals surface area (Å²) in [6.07, 6.45) is 5.62. The molecule has 1 fully saturated rings. The third-order valence-electron chi connectivity index (χ3n) is 5.79. The smallest absolute Gasteiger partial charge is 0.409 e. The number of carbonyl (C=O) groups is 1. The van der Waals surface area contributed by atoms with Gasteiger partial charge in [-0.25, -0.2) is 14.8 Å². The molecule has 1 amide bonds. The molecule has 7 heteroatoms. The summed E-state index contributed by atoms with van der Waals surface area (Å²) in [5.41, 5.74) is 4.77. The Morgan fingerprint density at radius 3 is 2.42 bits per heavy atom. The van der Waals surface area contributed by atoms with E-state index in [1.165, 1.54) is 0 Å². The molecule has 1 aliphatic rings. The number of anilines is 1. The third-order valence-corrected chi connectivity index (χ3v) is 5.79. The largest absolute Gasteiger partial charge is 0.465 e. The van der Waals surface area contributed by atoms with Crippen molar-refractivity contribution in [3.8, 4) is 28.7 Å². The van der Waals surface area contributed by atoms with E-state index in [-0.39, 0.29) is 0 Å². The van der Waals surface area contributed by atoms with Gasteiger partial charge in [-0.1, -0.05) is 24.3 Å². The van der Waals surface area contributed by atoms with Gasteiger partial charge >= 0.3 is 6.09 Å². The maximum Gasteiger partial charge on any atom is 0.409 e. The van der Waals surface area contributed by atoms with Crippen molar-refractivity contribution in [3.63, 3.8) is 0 Å². The number of hydrogen-bond donors (Lipinski definition) is 2. The second-order valence-corrected chi connectivity index (χ2v) is 7.60. The Kier molecular flexibility index (Phi) is 4.60. The predicted molar refractivity (Wildman–Crippen MR) is 118 cm³/mol. The van der Waals surface area contributed by atoms with Gasteiger partial charge < -0.3 is 9.67 Å². The lowest BCUT2D eigenvalue weighted by Gasteiger charge is -2.30. The molecule has 0 unspecified atom stereocenters. The number of carboxylic acid groups (broad SMARTS) is 1. The lowest BCUT2D eigenvalue weighted by Crippen LogP contribution is -2.17. The van der Waals surface area contributed by atoms with Crippen molar-refractivity contribution in [3.05, 3.63) is 66.5 Å². The van der Waals surface area contributed by atoms with Crippen LogP contribution >= 0.6 is 0 Å². The first-order chi connectivity index (χ1) is 15.2. The van der Waals surface area contributed by atoms with Crippen molar-refractivity contribution in [1.29, 1.82) is 5.26 Å². The molecule has 2 aromatic heterocycles. The van der Waals surface area contributed by atoms with Crippen LogP contribution in [-0.2, 0) is 0 Å². The van der Waals surface area contributed by atoms with Crippen LogP contribution in [0.3, 0.4) is 0 Å². The fourth-order valence-electron chi connectivity index (χ4n) is 4.15. The van der Waals surface area contributed by atoms with Gasteiger partial charge in [-0.15, -0.1) is 0 Å². The minimum absolute atomic E-state index is 0.323. The Hall–Kier alpha value is -4.18. The monoisotopic (exact) mass is 409 g/mol. The quantitative estimate of drug-likeness (QED) is 0.466. The molecule has 1 aliphatic carbocycles. The summed E-state index contributed by atoms with van der Waals surface area (Å²) in [6.45, 7) is 0. The SMILES string of the molecule is N#Cc1c(-c2ccc(NC(=O)O)cc2)n(C2CCC2)c2cc(-c3ncccn3)ccc12. The van der Waals surface area contributed by atoms with Gasteiger partial charge in [0.1, 0.15) is 6.07 Å². The first-order valence-electron chi connectivity index (χ1n) is 10.1. The van der Waals surface area contributed by atoms with Gasteiger partial charge in [0.05, 0.1) is 16.8 Å². The molecule has 2 N–H and O–H groups in total. The molecule has 1 saturated carbocycles. The number of rotatable bonds is 4.